The molecule has 4 nitrogen and oxygen atoms in total. The summed E-state index contributed by atoms with van der Waals surface area (Å²) in [5, 5.41) is 3.04. The van der Waals surface area contributed by atoms with Crippen LogP contribution < -0.4 is 5.32 Å². The fourth-order valence-electron chi connectivity index (χ4n) is 2.35. The Morgan fingerprint density at radius 2 is 2.44 bits per heavy atom. The molecule has 2 rings (SSSR count). The van der Waals surface area contributed by atoms with Crippen LogP contribution in [0.15, 0.2) is 24.0 Å². The number of aromatic nitrogens is 2. The highest BCUT2D eigenvalue weighted by atomic mass is 16.1. The molecular weight excluding hydrogens is 226 g/mol. The highest BCUT2D eigenvalue weighted by Gasteiger charge is 2.16. The molecule has 2 N–H and O–H groups in total. The van der Waals surface area contributed by atoms with Crippen LogP contribution >= 0.6 is 0 Å². The lowest BCUT2D eigenvalue weighted by Crippen LogP contribution is -2.29. The summed E-state index contributed by atoms with van der Waals surface area (Å²) >= 11 is 0. The second kappa shape index (κ2) is 6.38. The van der Waals surface area contributed by atoms with E-state index in [1.807, 2.05) is 6.92 Å². The summed E-state index contributed by atoms with van der Waals surface area (Å²) in [6, 6.07) is -0.00306. The van der Waals surface area contributed by atoms with Gasteiger partial charge in [0.25, 0.3) is 0 Å². The number of carbonyl (C=O) groups is 1. The van der Waals surface area contributed by atoms with Crippen molar-refractivity contribution in [3.63, 3.8) is 0 Å². The number of nitrogens with one attached hydrogen (secondary N) is 2. The molecule has 0 bridgehead atoms. The fourth-order valence-corrected chi connectivity index (χ4v) is 2.35. The molecule has 0 fully saturated rings. The van der Waals surface area contributed by atoms with Crippen LogP contribution in [0.2, 0.25) is 0 Å². The van der Waals surface area contributed by atoms with Crippen molar-refractivity contribution in [1.29, 1.82) is 0 Å². The normalized spacial score (nSPS) is 17.1. The van der Waals surface area contributed by atoms with Crippen LogP contribution in [0.25, 0.3) is 0 Å². The van der Waals surface area contributed by atoms with Gasteiger partial charge in [-0.2, -0.15) is 0 Å². The minimum atomic E-state index is -0.00306. The molecule has 1 heterocycles. The molecular formula is C14H21N3O. The van der Waals surface area contributed by atoms with Crippen LogP contribution in [0.5, 0.6) is 0 Å². The van der Waals surface area contributed by atoms with Gasteiger partial charge in [0, 0.05) is 18.8 Å². The van der Waals surface area contributed by atoms with Crippen molar-refractivity contribution in [1.82, 2.24) is 15.3 Å². The van der Waals surface area contributed by atoms with Gasteiger partial charge in [-0.3, -0.25) is 4.79 Å². The molecule has 0 aliphatic heterocycles. The zero-order valence-corrected chi connectivity index (χ0v) is 10.9. The standard InChI is InChI=1S/C14H21N3O/c1-2-12(14-15-8-9-16-14)17-13(18)10-11-6-4-3-5-7-11/h6,8-9,12H,2-5,7,10H2,1H3,(H,15,16)(H,17,18). The van der Waals surface area contributed by atoms with E-state index >= 15 is 0 Å². The van der Waals surface area contributed by atoms with Crippen LogP contribution in [-0.4, -0.2) is 15.9 Å². The summed E-state index contributed by atoms with van der Waals surface area (Å²) in [7, 11) is 0. The molecule has 4 heteroatoms. The first kappa shape index (κ1) is 12.9. The number of rotatable bonds is 5. The minimum Gasteiger partial charge on any atom is -0.347 e. The maximum absolute atomic E-state index is 12.0. The SMILES string of the molecule is CCC(NC(=O)CC1=CCCCC1)c1ncc[nH]1. The molecule has 1 aliphatic rings. The maximum Gasteiger partial charge on any atom is 0.224 e. The van der Waals surface area contributed by atoms with Gasteiger partial charge < -0.3 is 10.3 Å². The first-order chi connectivity index (χ1) is 8.79. The maximum atomic E-state index is 12.0. The van der Waals surface area contributed by atoms with Gasteiger partial charge in [-0.25, -0.2) is 4.98 Å². The predicted molar refractivity (Wildman–Crippen MR) is 70.9 cm³/mol. The topological polar surface area (TPSA) is 57.8 Å². The molecule has 1 amide bonds. The van der Waals surface area contributed by atoms with E-state index in [9.17, 15) is 4.79 Å². The van der Waals surface area contributed by atoms with Gasteiger partial charge in [-0.05, 0) is 32.1 Å². The Balaban J connectivity index is 1.87. The smallest absolute Gasteiger partial charge is 0.224 e. The van der Waals surface area contributed by atoms with Crippen molar-refractivity contribution in [3.05, 3.63) is 29.9 Å². The minimum absolute atomic E-state index is 0.00306. The van der Waals surface area contributed by atoms with E-state index in [2.05, 4.69) is 21.4 Å². The van der Waals surface area contributed by atoms with Gasteiger partial charge in [-0.1, -0.05) is 18.6 Å². The van der Waals surface area contributed by atoms with Crippen LogP contribution in [0.4, 0.5) is 0 Å². The monoisotopic (exact) mass is 247 g/mol. The van der Waals surface area contributed by atoms with Crippen LogP contribution in [0.1, 0.15) is 57.3 Å². The Morgan fingerprint density at radius 1 is 1.56 bits per heavy atom. The Labute approximate surface area is 108 Å². The molecule has 0 saturated heterocycles. The summed E-state index contributed by atoms with van der Waals surface area (Å²) in [5.74, 6) is 0.940. The van der Waals surface area contributed by atoms with E-state index in [1.54, 1.807) is 12.4 Å². The molecule has 0 spiro atoms. The van der Waals surface area contributed by atoms with Crippen molar-refractivity contribution in [3.8, 4) is 0 Å². The van der Waals surface area contributed by atoms with E-state index in [1.165, 1.54) is 18.4 Å². The van der Waals surface area contributed by atoms with Crippen LogP contribution in [0.3, 0.4) is 0 Å². The average Bonchev–Trinajstić information content (AvgIpc) is 2.91. The zero-order chi connectivity index (χ0) is 12.8. The van der Waals surface area contributed by atoms with Gasteiger partial charge in [0.2, 0.25) is 5.91 Å². The molecule has 1 aromatic heterocycles. The summed E-state index contributed by atoms with van der Waals surface area (Å²) in [4.78, 5) is 19.2. The molecule has 1 aliphatic carbocycles. The number of amides is 1. The molecule has 0 aromatic carbocycles. The number of carbonyl (C=O) groups excluding carboxylic acids is 1. The number of imidazole rings is 1. The van der Waals surface area contributed by atoms with Crippen LogP contribution in [-0.2, 0) is 4.79 Å². The average molecular weight is 247 g/mol. The third-order valence-electron chi connectivity index (χ3n) is 3.37. The van der Waals surface area contributed by atoms with Gasteiger partial charge in [-0.15, -0.1) is 0 Å². The highest BCUT2D eigenvalue weighted by Crippen LogP contribution is 2.20. The van der Waals surface area contributed by atoms with Crippen molar-refractivity contribution in [2.75, 3.05) is 0 Å². The lowest BCUT2D eigenvalue weighted by molar-refractivity contribution is -0.121. The fraction of sp³-hybridized carbons (Fsp3) is 0.571. The summed E-state index contributed by atoms with van der Waals surface area (Å²) in [6.07, 6.45) is 11.8. The number of nitrogens with zero attached hydrogens (tertiary/aromatic N) is 1. The first-order valence-corrected chi connectivity index (χ1v) is 6.76. The third-order valence-corrected chi connectivity index (χ3v) is 3.37. The largest absolute Gasteiger partial charge is 0.347 e. The Hall–Kier alpha value is -1.58. The molecule has 1 atom stereocenters. The zero-order valence-electron chi connectivity index (χ0n) is 10.9. The van der Waals surface area contributed by atoms with Crippen molar-refractivity contribution < 1.29 is 4.79 Å². The summed E-state index contributed by atoms with van der Waals surface area (Å²) in [6.45, 7) is 2.05. The molecule has 18 heavy (non-hydrogen) atoms. The lowest BCUT2D eigenvalue weighted by atomic mass is 9.97. The molecule has 98 valence electrons. The summed E-state index contributed by atoms with van der Waals surface area (Å²) < 4.78 is 0. The molecule has 1 unspecified atom stereocenters. The lowest BCUT2D eigenvalue weighted by Gasteiger charge is -2.17. The second-order valence-electron chi connectivity index (χ2n) is 4.79. The number of aromatic amines is 1. The Bertz CT molecular complexity index is 409. The van der Waals surface area contributed by atoms with Crippen molar-refractivity contribution in [2.24, 2.45) is 0 Å². The first-order valence-electron chi connectivity index (χ1n) is 6.76. The van der Waals surface area contributed by atoms with Gasteiger partial charge in [0.15, 0.2) is 0 Å². The molecule has 0 radical (unpaired) electrons. The van der Waals surface area contributed by atoms with Gasteiger partial charge in [0.05, 0.1) is 6.04 Å². The van der Waals surface area contributed by atoms with Crippen molar-refractivity contribution in [2.45, 2.75) is 51.5 Å². The molecule has 1 aromatic rings. The number of allylic oxidation sites excluding steroid dienone is 1. The van der Waals surface area contributed by atoms with E-state index < -0.39 is 0 Å². The second-order valence-corrected chi connectivity index (χ2v) is 4.79. The highest BCUT2D eigenvalue weighted by molar-refractivity contribution is 5.78. The van der Waals surface area contributed by atoms with E-state index in [-0.39, 0.29) is 11.9 Å². The summed E-state index contributed by atoms with van der Waals surface area (Å²) in [5.41, 5.74) is 1.29. The number of hydrogen-bond donors (Lipinski definition) is 2. The Morgan fingerprint density at radius 3 is 3.06 bits per heavy atom. The predicted octanol–water partition coefficient (Wildman–Crippen LogP) is 2.87. The van der Waals surface area contributed by atoms with Crippen molar-refractivity contribution >= 4 is 5.91 Å². The van der Waals surface area contributed by atoms with Gasteiger partial charge in [0.1, 0.15) is 5.82 Å². The van der Waals surface area contributed by atoms with Crippen LogP contribution in [0, 0.1) is 0 Å². The third kappa shape index (κ3) is 3.45. The number of hydrogen-bond acceptors (Lipinski definition) is 2. The quantitative estimate of drug-likeness (QED) is 0.786. The Kier molecular flexibility index (Phi) is 4.56. The van der Waals surface area contributed by atoms with E-state index in [0.717, 1.165) is 25.1 Å². The molecule has 0 saturated carbocycles. The number of H-pyrrole nitrogens is 1. The van der Waals surface area contributed by atoms with Gasteiger partial charge >= 0.3 is 0 Å². The van der Waals surface area contributed by atoms with E-state index in [0.29, 0.717) is 6.42 Å². The van der Waals surface area contributed by atoms with E-state index in [4.69, 9.17) is 0 Å².